The van der Waals surface area contributed by atoms with E-state index < -0.39 is 23.9 Å². The highest BCUT2D eigenvalue weighted by molar-refractivity contribution is 6.05. The van der Waals surface area contributed by atoms with Gasteiger partial charge in [-0.1, -0.05) is 30.3 Å². The van der Waals surface area contributed by atoms with Crippen molar-refractivity contribution in [1.82, 2.24) is 25.2 Å². The number of tetrazole rings is 1. The standard InChI is InChI=1S/C21H23N5O4/c1-12-18(14(3)27)13(2)23-19(12)20(28)15(4)30-21(29)17(26-11-22-24-25-26)10-16-8-6-5-7-9-16/h5-9,11,15,17,23H,10H2,1-4H3/t15-,17+/m1/s1. The monoisotopic (exact) mass is 409 g/mol. The predicted molar refractivity (Wildman–Crippen MR) is 107 cm³/mol. The molecule has 2 atom stereocenters. The molecule has 30 heavy (non-hydrogen) atoms. The minimum atomic E-state index is -1.05. The molecule has 0 saturated carbocycles. The van der Waals surface area contributed by atoms with Crippen LogP contribution in [0.2, 0.25) is 0 Å². The summed E-state index contributed by atoms with van der Waals surface area (Å²) in [5.41, 5.74) is 2.80. The van der Waals surface area contributed by atoms with Crippen LogP contribution < -0.4 is 0 Å². The van der Waals surface area contributed by atoms with Crippen molar-refractivity contribution in [3.63, 3.8) is 0 Å². The number of ketones is 2. The number of H-pyrrole nitrogens is 1. The lowest BCUT2D eigenvalue weighted by Crippen LogP contribution is -2.31. The Morgan fingerprint density at radius 1 is 1.17 bits per heavy atom. The van der Waals surface area contributed by atoms with Gasteiger partial charge in [0.2, 0.25) is 5.78 Å². The Balaban J connectivity index is 1.79. The Hall–Kier alpha value is -3.62. The Morgan fingerprint density at radius 3 is 2.43 bits per heavy atom. The number of carbonyl (C=O) groups excluding carboxylic acids is 3. The van der Waals surface area contributed by atoms with Gasteiger partial charge in [-0.25, -0.2) is 9.48 Å². The number of rotatable bonds is 8. The van der Waals surface area contributed by atoms with Gasteiger partial charge in [-0.2, -0.15) is 0 Å². The summed E-state index contributed by atoms with van der Waals surface area (Å²) in [4.78, 5) is 40.6. The zero-order valence-electron chi connectivity index (χ0n) is 17.2. The molecule has 3 aromatic rings. The molecule has 156 valence electrons. The first-order valence-electron chi connectivity index (χ1n) is 9.50. The lowest BCUT2D eigenvalue weighted by atomic mass is 10.0. The number of aromatic amines is 1. The van der Waals surface area contributed by atoms with Crippen molar-refractivity contribution < 1.29 is 19.1 Å². The van der Waals surface area contributed by atoms with Gasteiger partial charge in [-0.3, -0.25) is 9.59 Å². The van der Waals surface area contributed by atoms with Gasteiger partial charge in [0, 0.05) is 17.7 Å². The zero-order valence-corrected chi connectivity index (χ0v) is 17.2. The normalized spacial score (nSPS) is 12.9. The summed E-state index contributed by atoms with van der Waals surface area (Å²) in [5.74, 6) is -1.17. The van der Waals surface area contributed by atoms with Gasteiger partial charge >= 0.3 is 5.97 Å². The van der Waals surface area contributed by atoms with Gasteiger partial charge in [-0.05, 0) is 49.2 Å². The first kappa shape index (κ1) is 21.1. The number of benzene rings is 1. The number of esters is 1. The second-order valence-electron chi connectivity index (χ2n) is 7.12. The Kier molecular flexibility index (Phi) is 6.20. The third kappa shape index (κ3) is 4.35. The van der Waals surface area contributed by atoms with Gasteiger partial charge in [0.1, 0.15) is 6.33 Å². The lowest BCUT2D eigenvalue weighted by molar-refractivity contribution is -0.150. The molecule has 3 rings (SSSR count). The van der Waals surface area contributed by atoms with E-state index in [4.69, 9.17) is 4.74 Å². The highest BCUT2D eigenvalue weighted by atomic mass is 16.5. The van der Waals surface area contributed by atoms with Gasteiger partial charge in [0.25, 0.3) is 0 Å². The number of hydrogen-bond acceptors (Lipinski definition) is 7. The number of carbonyl (C=O) groups is 3. The second-order valence-corrected chi connectivity index (χ2v) is 7.12. The fourth-order valence-corrected chi connectivity index (χ4v) is 3.47. The first-order valence-corrected chi connectivity index (χ1v) is 9.50. The van der Waals surface area contributed by atoms with Gasteiger partial charge < -0.3 is 9.72 Å². The van der Waals surface area contributed by atoms with E-state index in [2.05, 4.69) is 20.5 Å². The molecule has 1 N–H and O–H groups in total. The number of Topliss-reactive ketones (excluding diaryl/α,β-unsaturated/α-hetero) is 2. The van der Waals surface area contributed by atoms with Crippen LogP contribution in [0.3, 0.4) is 0 Å². The van der Waals surface area contributed by atoms with Crippen molar-refractivity contribution in [2.24, 2.45) is 0 Å². The van der Waals surface area contributed by atoms with E-state index in [-0.39, 0.29) is 11.5 Å². The van der Waals surface area contributed by atoms with E-state index in [1.807, 2.05) is 30.3 Å². The van der Waals surface area contributed by atoms with E-state index in [1.165, 1.54) is 24.9 Å². The highest BCUT2D eigenvalue weighted by Crippen LogP contribution is 2.22. The van der Waals surface area contributed by atoms with Crippen LogP contribution in [0.4, 0.5) is 0 Å². The van der Waals surface area contributed by atoms with E-state index >= 15 is 0 Å². The molecule has 0 fully saturated rings. The molecular weight excluding hydrogens is 386 g/mol. The maximum Gasteiger partial charge on any atom is 0.332 e. The van der Waals surface area contributed by atoms with Crippen LogP contribution >= 0.6 is 0 Å². The first-order chi connectivity index (χ1) is 14.3. The van der Waals surface area contributed by atoms with Crippen LogP contribution in [0.25, 0.3) is 0 Å². The lowest BCUT2D eigenvalue weighted by Gasteiger charge is -2.18. The van der Waals surface area contributed by atoms with Gasteiger partial charge in [0.05, 0.1) is 5.69 Å². The number of ether oxygens (including phenoxy) is 1. The fraction of sp³-hybridized carbons (Fsp3) is 0.333. The van der Waals surface area contributed by atoms with Crippen LogP contribution in [-0.4, -0.2) is 48.8 Å². The van der Waals surface area contributed by atoms with Crippen molar-refractivity contribution in [3.8, 4) is 0 Å². The Morgan fingerprint density at radius 2 is 1.87 bits per heavy atom. The third-order valence-corrected chi connectivity index (χ3v) is 4.93. The topological polar surface area (TPSA) is 120 Å². The smallest absolute Gasteiger partial charge is 0.332 e. The van der Waals surface area contributed by atoms with Gasteiger partial charge in [0.15, 0.2) is 17.9 Å². The van der Waals surface area contributed by atoms with Crippen LogP contribution in [0.5, 0.6) is 0 Å². The SMILES string of the molecule is CC(=O)c1c(C)[nH]c(C(=O)[C@@H](C)OC(=O)[C@H](Cc2ccccc2)n2cnnn2)c1C. The molecule has 9 nitrogen and oxygen atoms in total. The van der Waals surface area contributed by atoms with Crippen LogP contribution in [-0.2, 0) is 16.0 Å². The Bertz CT molecular complexity index is 1060. The number of aryl methyl sites for hydroxylation is 1. The van der Waals surface area contributed by atoms with Crippen LogP contribution in [0.1, 0.15) is 57.6 Å². The molecule has 0 aliphatic carbocycles. The average molecular weight is 409 g/mol. The van der Waals surface area contributed by atoms with Crippen LogP contribution in [0, 0.1) is 13.8 Å². The summed E-state index contributed by atoms with van der Waals surface area (Å²) >= 11 is 0. The molecule has 0 amide bonds. The average Bonchev–Trinajstić information content (AvgIpc) is 3.34. The maximum absolute atomic E-state index is 12.9. The molecule has 0 aliphatic rings. The maximum atomic E-state index is 12.9. The summed E-state index contributed by atoms with van der Waals surface area (Å²) < 4.78 is 6.79. The summed E-state index contributed by atoms with van der Waals surface area (Å²) in [6, 6.07) is 8.56. The number of aromatic nitrogens is 5. The molecule has 9 heteroatoms. The molecule has 0 spiro atoms. The molecule has 0 bridgehead atoms. The quantitative estimate of drug-likeness (QED) is 0.448. The number of nitrogens with zero attached hydrogens (tertiary/aromatic N) is 4. The molecule has 2 aromatic heterocycles. The minimum Gasteiger partial charge on any atom is -0.453 e. The van der Waals surface area contributed by atoms with E-state index in [9.17, 15) is 14.4 Å². The van der Waals surface area contributed by atoms with Crippen molar-refractivity contribution in [1.29, 1.82) is 0 Å². The minimum absolute atomic E-state index is 0.133. The molecule has 1 aromatic carbocycles. The molecule has 0 saturated heterocycles. The summed E-state index contributed by atoms with van der Waals surface area (Å²) in [6.45, 7) is 6.37. The Labute approximate surface area is 173 Å². The summed E-state index contributed by atoms with van der Waals surface area (Å²) in [7, 11) is 0. The van der Waals surface area contributed by atoms with E-state index in [1.54, 1.807) is 13.8 Å². The summed E-state index contributed by atoms with van der Waals surface area (Å²) in [5, 5.41) is 11.0. The van der Waals surface area contributed by atoms with E-state index in [0.717, 1.165) is 5.56 Å². The van der Waals surface area contributed by atoms with Crippen molar-refractivity contribution in [2.45, 2.75) is 46.3 Å². The molecule has 0 radical (unpaired) electrons. The third-order valence-electron chi connectivity index (χ3n) is 4.93. The largest absolute Gasteiger partial charge is 0.453 e. The van der Waals surface area contributed by atoms with Gasteiger partial charge in [-0.15, -0.1) is 5.10 Å². The molecule has 0 unspecified atom stereocenters. The molecular formula is C21H23N5O4. The predicted octanol–water partition coefficient (Wildman–Crippen LogP) is 2.42. The molecule has 0 aliphatic heterocycles. The van der Waals surface area contributed by atoms with Crippen molar-refractivity contribution >= 4 is 17.5 Å². The zero-order chi connectivity index (χ0) is 21.8. The molecule has 2 heterocycles. The highest BCUT2D eigenvalue weighted by Gasteiger charge is 2.30. The van der Waals surface area contributed by atoms with Crippen molar-refractivity contribution in [3.05, 3.63) is 64.7 Å². The van der Waals surface area contributed by atoms with E-state index in [0.29, 0.717) is 23.2 Å². The number of nitrogens with one attached hydrogen (secondary N) is 1. The second kappa shape index (κ2) is 8.81. The van der Waals surface area contributed by atoms with Crippen molar-refractivity contribution in [2.75, 3.05) is 0 Å². The summed E-state index contributed by atoms with van der Waals surface area (Å²) in [6.07, 6.45) is 0.587. The van der Waals surface area contributed by atoms with Crippen LogP contribution in [0.15, 0.2) is 36.7 Å². The number of hydrogen-bond donors (Lipinski definition) is 1. The fourth-order valence-electron chi connectivity index (χ4n) is 3.47.